The van der Waals surface area contributed by atoms with Crippen molar-refractivity contribution in [2.75, 3.05) is 19.8 Å². The van der Waals surface area contributed by atoms with Crippen molar-refractivity contribution in [2.24, 2.45) is 0 Å². The molecule has 2 rings (SSSR count). The molecular weight excluding hydrogens is 979 g/mol. The van der Waals surface area contributed by atoms with E-state index >= 15 is 0 Å². The molecule has 2 saturated heterocycles. The fraction of sp³-hybridized carbons (Fsp3) is 0.921. The predicted molar refractivity (Wildman–Crippen MR) is 309 cm³/mol. The lowest BCUT2D eigenvalue weighted by Crippen LogP contribution is -2.65. The van der Waals surface area contributed by atoms with Crippen molar-refractivity contribution in [2.45, 2.75) is 351 Å². The molecular formula is C63H119NO13. The number of nitrogens with one attached hydrogen (secondary N) is 1. The number of unbranched alkanes of at least 4 members (excludes halogenated alkanes) is 35. The van der Waals surface area contributed by atoms with Gasteiger partial charge in [0, 0.05) is 6.42 Å². The summed E-state index contributed by atoms with van der Waals surface area (Å²) in [7, 11) is 0. The van der Waals surface area contributed by atoms with Gasteiger partial charge in [-0.15, -0.1) is 0 Å². The molecule has 454 valence electrons. The van der Waals surface area contributed by atoms with Gasteiger partial charge in [0.2, 0.25) is 5.91 Å². The minimum absolute atomic E-state index is 0.217. The summed E-state index contributed by atoms with van der Waals surface area (Å²) < 4.78 is 22.9. The highest BCUT2D eigenvalue weighted by molar-refractivity contribution is 5.76. The van der Waals surface area contributed by atoms with Gasteiger partial charge in [0.25, 0.3) is 0 Å². The van der Waals surface area contributed by atoms with Crippen molar-refractivity contribution in [3.63, 3.8) is 0 Å². The lowest BCUT2D eigenvalue weighted by atomic mass is 9.97. The molecule has 0 saturated carbocycles. The molecule has 14 nitrogen and oxygen atoms in total. The van der Waals surface area contributed by atoms with Crippen LogP contribution < -0.4 is 5.32 Å². The second kappa shape index (κ2) is 49.1. The first kappa shape index (κ1) is 71.6. The van der Waals surface area contributed by atoms with Gasteiger partial charge < -0.3 is 65.1 Å². The van der Waals surface area contributed by atoms with Crippen molar-refractivity contribution in [1.82, 2.24) is 5.32 Å². The van der Waals surface area contributed by atoms with E-state index in [1.807, 2.05) is 0 Å². The minimum atomic E-state index is -1.78. The van der Waals surface area contributed by atoms with Crippen LogP contribution in [0.5, 0.6) is 0 Å². The summed E-state index contributed by atoms with van der Waals surface area (Å²) in [6.45, 7) is 2.86. The molecule has 0 radical (unpaired) electrons. The molecule has 1 amide bonds. The largest absolute Gasteiger partial charge is 0.394 e. The van der Waals surface area contributed by atoms with Crippen LogP contribution in [-0.4, -0.2) is 140 Å². The smallest absolute Gasteiger partial charge is 0.220 e. The second-order valence-corrected chi connectivity index (χ2v) is 22.9. The van der Waals surface area contributed by atoms with Crippen LogP contribution in [0.2, 0.25) is 0 Å². The van der Waals surface area contributed by atoms with Crippen molar-refractivity contribution < 1.29 is 64.6 Å². The molecule has 0 aromatic carbocycles. The van der Waals surface area contributed by atoms with Gasteiger partial charge in [-0.2, -0.15) is 0 Å². The topological polar surface area (TPSA) is 228 Å². The van der Waals surface area contributed by atoms with Gasteiger partial charge in [-0.25, -0.2) is 0 Å². The van der Waals surface area contributed by atoms with E-state index in [0.717, 1.165) is 70.6 Å². The fourth-order valence-corrected chi connectivity index (χ4v) is 10.7. The number of hydrogen-bond donors (Lipinski definition) is 9. The second-order valence-electron chi connectivity index (χ2n) is 22.9. The molecule has 0 aliphatic carbocycles. The van der Waals surface area contributed by atoms with Gasteiger partial charge in [0.1, 0.15) is 48.8 Å². The average molecular weight is 1100 g/mol. The van der Waals surface area contributed by atoms with Gasteiger partial charge in [0.05, 0.1) is 32.0 Å². The lowest BCUT2D eigenvalue weighted by Gasteiger charge is -2.46. The molecule has 9 N–H and O–H groups in total. The number of allylic oxidation sites excluding steroid dienone is 4. The van der Waals surface area contributed by atoms with E-state index in [1.54, 1.807) is 0 Å². The molecule has 14 heteroatoms. The molecule has 0 bridgehead atoms. The van der Waals surface area contributed by atoms with Crippen molar-refractivity contribution in [3.05, 3.63) is 24.3 Å². The Kier molecular flexibility index (Phi) is 45.7. The molecule has 2 aliphatic rings. The van der Waals surface area contributed by atoms with Crippen LogP contribution >= 0.6 is 0 Å². The fourth-order valence-electron chi connectivity index (χ4n) is 10.7. The number of carbonyl (C=O) groups is 1. The normalized spacial score (nSPS) is 24.8. The average Bonchev–Trinajstić information content (AvgIpc) is 3.44. The Labute approximate surface area is 468 Å². The third-order valence-corrected chi connectivity index (χ3v) is 15.9. The van der Waals surface area contributed by atoms with E-state index in [2.05, 4.69) is 43.5 Å². The number of amides is 1. The number of carbonyl (C=O) groups excluding carboxylic acids is 1. The summed E-state index contributed by atoms with van der Waals surface area (Å²) in [4.78, 5) is 13.3. The van der Waals surface area contributed by atoms with E-state index in [9.17, 15) is 45.6 Å². The van der Waals surface area contributed by atoms with Crippen molar-refractivity contribution >= 4 is 5.91 Å². The zero-order chi connectivity index (χ0) is 56.0. The maximum Gasteiger partial charge on any atom is 0.220 e. The Morgan fingerprint density at radius 2 is 0.857 bits per heavy atom. The molecule has 2 heterocycles. The summed E-state index contributed by atoms with van der Waals surface area (Å²) in [5.74, 6) is -0.217. The number of ether oxygens (including phenoxy) is 4. The van der Waals surface area contributed by atoms with E-state index in [1.165, 1.54) is 173 Å². The summed E-state index contributed by atoms with van der Waals surface area (Å²) in [5, 5.41) is 87.4. The summed E-state index contributed by atoms with van der Waals surface area (Å²) in [5.41, 5.74) is 0. The van der Waals surface area contributed by atoms with E-state index in [4.69, 9.17) is 18.9 Å². The van der Waals surface area contributed by atoms with Crippen LogP contribution in [0.25, 0.3) is 0 Å². The van der Waals surface area contributed by atoms with Gasteiger partial charge in [0.15, 0.2) is 12.6 Å². The minimum Gasteiger partial charge on any atom is -0.394 e. The molecule has 77 heavy (non-hydrogen) atoms. The van der Waals surface area contributed by atoms with Gasteiger partial charge in [-0.1, -0.05) is 250 Å². The SMILES string of the molecule is CCCCCC/C=C\C/C=C\CCCCCCCC(=O)NC(COC1OC(CO)C(OC2OC(CO)C(O)C(O)C2O)C(O)C1O)C(O)CCCCCCCCCCCCCCCCCCCCCCCCCCCCC. The first-order chi connectivity index (χ1) is 37.6. The highest BCUT2D eigenvalue weighted by atomic mass is 16.7. The van der Waals surface area contributed by atoms with E-state index in [-0.39, 0.29) is 18.9 Å². The molecule has 2 aliphatic heterocycles. The molecule has 0 aromatic heterocycles. The maximum absolute atomic E-state index is 13.3. The molecule has 12 atom stereocenters. The first-order valence-electron chi connectivity index (χ1n) is 32.1. The summed E-state index contributed by atoms with van der Waals surface area (Å²) in [6.07, 6.45) is 41.9. The molecule has 2 fully saturated rings. The number of hydrogen-bond acceptors (Lipinski definition) is 13. The molecule has 12 unspecified atom stereocenters. The van der Waals surface area contributed by atoms with Crippen LogP contribution in [0.15, 0.2) is 24.3 Å². The maximum atomic E-state index is 13.3. The third kappa shape index (κ3) is 34.5. The Morgan fingerprint density at radius 1 is 0.468 bits per heavy atom. The van der Waals surface area contributed by atoms with Gasteiger partial charge in [-0.3, -0.25) is 4.79 Å². The zero-order valence-electron chi connectivity index (χ0n) is 49.0. The van der Waals surface area contributed by atoms with Crippen molar-refractivity contribution in [1.29, 1.82) is 0 Å². The molecule has 0 aromatic rings. The van der Waals surface area contributed by atoms with Crippen LogP contribution in [0.1, 0.15) is 277 Å². The van der Waals surface area contributed by atoms with Gasteiger partial charge >= 0.3 is 0 Å². The number of aliphatic hydroxyl groups excluding tert-OH is 8. The van der Waals surface area contributed by atoms with Crippen LogP contribution in [0, 0.1) is 0 Å². The first-order valence-corrected chi connectivity index (χ1v) is 32.1. The highest BCUT2D eigenvalue weighted by Crippen LogP contribution is 2.30. The number of aliphatic hydroxyl groups is 8. The predicted octanol–water partition coefficient (Wildman–Crippen LogP) is 11.6. The van der Waals surface area contributed by atoms with Crippen LogP contribution in [-0.2, 0) is 23.7 Å². The lowest BCUT2D eigenvalue weighted by molar-refractivity contribution is -0.359. The van der Waals surface area contributed by atoms with E-state index in [0.29, 0.717) is 12.8 Å². The number of rotatable bonds is 52. The summed E-state index contributed by atoms with van der Waals surface area (Å²) in [6, 6.07) is -0.835. The Morgan fingerprint density at radius 3 is 1.31 bits per heavy atom. The third-order valence-electron chi connectivity index (χ3n) is 15.9. The standard InChI is InChI=1S/C63H119NO13/c1-3-5-7-9-11-13-15-17-19-21-22-23-24-25-26-27-28-29-30-31-32-34-36-38-40-42-44-46-52(67)51(64-55(68)47-45-43-41-39-37-35-33-20-18-16-14-12-10-8-6-4-2)50-74-62-60(73)58(71)61(54(49-66)76-62)77-63-59(72)57(70)56(69)53(48-65)75-63/h14,16,20,33,51-54,56-63,65-67,69-73H,3-13,15,17-19,21-32,34-50H2,1-2H3,(H,64,68)/b16-14-,33-20-. The quantitative estimate of drug-likeness (QED) is 0.0204. The van der Waals surface area contributed by atoms with Crippen LogP contribution in [0.3, 0.4) is 0 Å². The van der Waals surface area contributed by atoms with Crippen molar-refractivity contribution in [3.8, 4) is 0 Å². The highest BCUT2D eigenvalue weighted by Gasteiger charge is 2.51. The Balaban J connectivity index is 1.70. The Bertz CT molecular complexity index is 1390. The molecule has 0 spiro atoms. The summed E-state index contributed by atoms with van der Waals surface area (Å²) >= 11 is 0. The zero-order valence-corrected chi connectivity index (χ0v) is 49.0. The van der Waals surface area contributed by atoms with Crippen LogP contribution in [0.4, 0.5) is 0 Å². The Hall–Kier alpha value is -1.53. The monoisotopic (exact) mass is 1100 g/mol. The van der Waals surface area contributed by atoms with E-state index < -0.39 is 86.8 Å². The van der Waals surface area contributed by atoms with Gasteiger partial charge in [-0.05, 0) is 44.9 Å².